The first-order valence-corrected chi connectivity index (χ1v) is 4.53. The van der Waals surface area contributed by atoms with Crippen LogP contribution >= 0.6 is 0 Å². The topological polar surface area (TPSA) is 87.4 Å². The van der Waals surface area contributed by atoms with Crippen molar-refractivity contribution >= 4 is 12.3 Å². The van der Waals surface area contributed by atoms with Gasteiger partial charge < -0.3 is 9.84 Å². The summed E-state index contributed by atoms with van der Waals surface area (Å²) < 4.78 is 4.71. The SMILES string of the molecule is CCOC(=O)c1cc(O)c(C#N)c(C=O)c1. The molecule has 0 unspecified atom stereocenters. The van der Waals surface area contributed by atoms with Crippen LogP contribution in [0, 0.1) is 11.3 Å². The monoisotopic (exact) mass is 219 g/mol. The second kappa shape index (κ2) is 4.94. The Morgan fingerprint density at radius 2 is 2.31 bits per heavy atom. The maximum Gasteiger partial charge on any atom is 0.338 e. The number of aromatic hydroxyl groups is 1. The highest BCUT2D eigenvalue weighted by atomic mass is 16.5. The summed E-state index contributed by atoms with van der Waals surface area (Å²) in [5.74, 6) is -1.06. The summed E-state index contributed by atoms with van der Waals surface area (Å²) in [6.45, 7) is 1.83. The van der Waals surface area contributed by atoms with Crippen molar-refractivity contribution in [2.75, 3.05) is 6.61 Å². The fraction of sp³-hybridized carbons (Fsp3) is 0.182. The molecule has 1 rings (SSSR count). The number of hydrogen-bond acceptors (Lipinski definition) is 5. The van der Waals surface area contributed by atoms with Crippen LogP contribution in [0.25, 0.3) is 0 Å². The van der Waals surface area contributed by atoms with Crippen LogP contribution in [0.3, 0.4) is 0 Å². The molecule has 0 atom stereocenters. The molecule has 1 aromatic rings. The zero-order valence-electron chi connectivity index (χ0n) is 8.56. The van der Waals surface area contributed by atoms with E-state index in [0.29, 0.717) is 6.29 Å². The van der Waals surface area contributed by atoms with Gasteiger partial charge in [-0.1, -0.05) is 0 Å². The van der Waals surface area contributed by atoms with Gasteiger partial charge >= 0.3 is 5.97 Å². The molecule has 5 heteroatoms. The molecule has 0 saturated heterocycles. The van der Waals surface area contributed by atoms with Gasteiger partial charge in [0.1, 0.15) is 17.4 Å². The molecule has 0 amide bonds. The lowest BCUT2D eigenvalue weighted by Gasteiger charge is -2.05. The Bertz CT molecular complexity index is 474. The normalized spacial score (nSPS) is 9.25. The number of aldehydes is 1. The van der Waals surface area contributed by atoms with Crippen LogP contribution in [-0.4, -0.2) is 24.0 Å². The molecule has 0 spiro atoms. The fourth-order valence-electron chi connectivity index (χ4n) is 1.20. The lowest BCUT2D eigenvalue weighted by molar-refractivity contribution is 0.0526. The molecule has 0 fully saturated rings. The quantitative estimate of drug-likeness (QED) is 0.610. The molecular weight excluding hydrogens is 210 g/mol. The third kappa shape index (κ3) is 2.17. The van der Waals surface area contributed by atoms with Crippen molar-refractivity contribution in [1.82, 2.24) is 0 Å². The van der Waals surface area contributed by atoms with Gasteiger partial charge in [-0.25, -0.2) is 4.79 Å². The van der Waals surface area contributed by atoms with Crippen molar-refractivity contribution in [3.05, 3.63) is 28.8 Å². The van der Waals surface area contributed by atoms with Gasteiger partial charge in [-0.05, 0) is 19.1 Å². The highest BCUT2D eigenvalue weighted by Crippen LogP contribution is 2.22. The van der Waals surface area contributed by atoms with Crippen LogP contribution in [0.15, 0.2) is 12.1 Å². The zero-order chi connectivity index (χ0) is 12.1. The number of phenols is 1. The minimum atomic E-state index is -0.648. The van der Waals surface area contributed by atoms with Gasteiger partial charge in [-0.2, -0.15) is 5.26 Å². The number of hydrogen-bond donors (Lipinski definition) is 1. The minimum Gasteiger partial charge on any atom is -0.507 e. The number of benzene rings is 1. The van der Waals surface area contributed by atoms with Crippen molar-refractivity contribution in [3.8, 4) is 11.8 Å². The predicted octanol–water partition coefficient (Wildman–Crippen LogP) is 1.25. The fourth-order valence-corrected chi connectivity index (χ4v) is 1.20. The molecule has 0 aromatic heterocycles. The molecule has 0 heterocycles. The number of carbonyl (C=O) groups is 2. The number of carbonyl (C=O) groups excluding carboxylic acids is 2. The second-order valence-corrected chi connectivity index (χ2v) is 2.91. The summed E-state index contributed by atoms with van der Waals surface area (Å²) in [6, 6.07) is 3.99. The van der Waals surface area contributed by atoms with Gasteiger partial charge in [-0.15, -0.1) is 0 Å². The summed E-state index contributed by atoms with van der Waals surface area (Å²) in [5.41, 5.74) is -0.144. The predicted molar refractivity (Wildman–Crippen MR) is 54.2 cm³/mol. The standard InChI is InChI=1S/C11H9NO4/c1-2-16-11(15)7-3-8(6-13)9(5-12)10(14)4-7/h3-4,6,14H,2H2,1H3. The van der Waals surface area contributed by atoms with Crippen molar-refractivity contribution in [1.29, 1.82) is 5.26 Å². The van der Waals surface area contributed by atoms with Gasteiger partial charge in [0.25, 0.3) is 0 Å². The first kappa shape index (κ1) is 11.7. The highest BCUT2D eigenvalue weighted by Gasteiger charge is 2.14. The summed E-state index contributed by atoms with van der Waals surface area (Å²) >= 11 is 0. The Balaban J connectivity index is 3.27. The molecule has 5 nitrogen and oxygen atoms in total. The number of rotatable bonds is 3. The molecule has 0 radical (unpaired) electrons. The van der Waals surface area contributed by atoms with Gasteiger partial charge in [0.05, 0.1) is 12.2 Å². The number of phenolic OH excluding ortho intramolecular Hbond substituents is 1. The third-order valence-corrected chi connectivity index (χ3v) is 1.90. The van der Waals surface area contributed by atoms with Crippen LogP contribution in [0.5, 0.6) is 5.75 Å². The van der Waals surface area contributed by atoms with Gasteiger partial charge in [-0.3, -0.25) is 4.79 Å². The van der Waals surface area contributed by atoms with E-state index in [1.165, 1.54) is 6.07 Å². The molecule has 1 N–H and O–H groups in total. The minimum absolute atomic E-state index is 0.0365. The summed E-state index contributed by atoms with van der Waals surface area (Å²) in [6.07, 6.45) is 0.404. The van der Waals surface area contributed by atoms with E-state index in [4.69, 9.17) is 10.00 Å². The van der Waals surface area contributed by atoms with Gasteiger partial charge in [0.15, 0.2) is 6.29 Å². The van der Waals surface area contributed by atoms with E-state index in [1.807, 2.05) is 0 Å². The molecular formula is C11H9NO4. The van der Waals surface area contributed by atoms with Crippen molar-refractivity contribution in [3.63, 3.8) is 0 Å². The van der Waals surface area contributed by atoms with Crippen molar-refractivity contribution < 1.29 is 19.4 Å². The van der Waals surface area contributed by atoms with Gasteiger partial charge in [0.2, 0.25) is 0 Å². The van der Waals surface area contributed by atoms with E-state index in [0.717, 1.165) is 6.07 Å². The molecule has 0 aliphatic carbocycles. The molecule has 82 valence electrons. The first-order chi connectivity index (χ1) is 7.63. The highest BCUT2D eigenvalue weighted by molar-refractivity contribution is 5.93. The Kier molecular flexibility index (Phi) is 3.62. The van der Waals surface area contributed by atoms with Crippen LogP contribution in [0.4, 0.5) is 0 Å². The summed E-state index contributed by atoms with van der Waals surface area (Å²) in [4.78, 5) is 22.0. The zero-order valence-corrected chi connectivity index (χ0v) is 8.56. The second-order valence-electron chi connectivity index (χ2n) is 2.91. The molecule has 0 saturated carbocycles. The summed E-state index contributed by atoms with van der Waals surface area (Å²) in [5, 5.41) is 18.1. The van der Waals surface area contributed by atoms with E-state index in [1.54, 1.807) is 13.0 Å². The first-order valence-electron chi connectivity index (χ1n) is 4.53. The van der Waals surface area contributed by atoms with E-state index in [2.05, 4.69) is 0 Å². The van der Waals surface area contributed by atoms with Crippen LogP contribution < -0.4 is 0 Å². The molecule has 1 aromatic carbocycles. The Morgan fingerprint density at radius 1 is 1.62 bits per heavy atom. The van der Waals surface area contributed by atoms with Crippen LogP contribution in [0.2, 0.25) is 0 Å². The lowest BCUT2D eigenvalue weighted by atomic mass is 10.0. The number of nitrogens with zero attached hydrogens (tertiary/aromatic N) is 1. The number of esters is 1. The van der Waals surface area contributed by atoms with Crippen molar-refractivity contribution in [2.24, 2.45) is 0 Å². The van der Waals surface area contributed by atoms with E-state index in [-0.39, 0.29) is 23.3 Å². The van der Waals surface area contributed by atoms with Crippen molar-refractivity contribution in [2.45, 2.75) is 6.92 Å². The maximum absolute atomic E-state index is 11.3. The average Bonchev–Trinajstić information content (AvgIpc) is 2.28. The Hall–Kier alpha value is -2.35. The average molecular weight is 219 g/mol. The molecule has 0 bridgehead atoms. The van der Waals surface area contributed by atoms with E-state index in [9.17, 15) is 14.7 Å². The van der Waals surface area contributed by atoms with Gasteiger partial charge in [0, 0.05) is 5.56 Å². The number of ether oxygens (including phenoxy) is 1. The van der Waals surface area contributed by atoms with E-state index < -0.39 is 11.7 Å². The smallest absolute Gasteiger partial charge is 0.338 e. The lowest BCUT2D eigenvalue weighted by Crippen LogP contribution is -2.06. The van der Waals surface area contributed by atoms with Crippen LogP contribution in [0.1, 0.15) is 33.2 Å². The molecule has 0 aliphatic rings. The Labute approximate surface area is 91.9 Å². The summed E-state index contributed by atoms with van der Waals surface area (Å²) in [7, 11) is 0. The third-order valence-electron chi connectivity index (χ3n) is 1.90. The van der Waals surface area contributed by atoms with Crippen LogP contribution in [-0.2, 0) is 4.74 Å². The maximum atomic E-state index is 11.3. The van der Waals surface area contributed by atoms with E-state index >= 15 is 0 Å². The largest absolute Gasteiger partial charge is 0.507 e. The molecule has 0 aliphatic heterocycles. The Morgan fingerprint density at radius 3 is 2.81 bits per heavy atom. The molecule has 16 heavy (non-hydrogen) atoms. The number of nitriles is 1.